The van der Waals surface area contributed by atoms with Crippen LogP contribution in [0.2, 0.25) is 0 Å². The average Bonchev–Trinajstić information content (AvgIpc) is 2.48. The van der Waals surface area contributed by atoms with E-state index in [1.165, 1.54) is 7.11 Å². The number of esters is 1. The molecule has 0 aliphatic carbocycles. The lowest BCUT2D eigenvalue weighted by atomic mass is 10.1. The van der Waals surface area contributed by atoms with Crippen LogP contribution in [0.25, 0.3) is 0 Å². The van der Waals surface area contributed by atoms with Gasteiger partial charge in [-0.15, -0.1) is 0 Å². The Morgan fingerprint density at radius 2 is 1.70 bits per heavy atom. The highest BCUT2D eigenvalue weighted by molar-refractivity contribution is 5.95. The van der Waals surface area contributed by atoms with Crippen molar-refractivity contribution in [3.05, 3.63) is 48.0 Å². The van der Waals surface area contributed by atoms with Crippen LogP contribution >= 0.6 is 0 Å². The number of benzene rings is 2. The van der Waals surface area contributed by atoms with Gasteiger partial charge in [0.2, 0.25) is 0 Å². The van der Waals surface area contributed by atoms with Gasteiger partial charge in [0, 0.05) is 11.8 Å². The largest absolute Gasteiger partial charge is 0.497 e. The zero-order valence-electron chi connectivity index (χ0n) is 11.3. The number of carbonyl (C=O) groups excluding carboxylic acids is 1. The SMILES string of the molecule is COC(=O)c1cc(Oc2cccc(OC)c2)ccc1N. The molecule has 0 aliphatic heterocycles. The number of ether oxygens (including phenoxy) is 3. The molecule has 0 saturated carbocycles. The van der Waals surface area contributed by atoms with Crippen LogP contribution in [-0.4, -0.2) is 20.2 Å². The number of anilines is 1. The number of methoxy groups -OCH3 is 2. The van der Waals surface area contributed by atoms with Crippen molar-refractivity contribution in [1.29, 1.82) is 0 Å². The molecule has 0 aliphatic rings. The predicted molar refractivity (Wildman–Crippen MR) is 75.3 cm³/mol. The Morgan fingerprint density at radius 1 is 1.00 bits per heavy atom. The first-order valence-electron chi connectivity index (χ1n) is 5.94. The summed E-state index contributed by atoms with van der Waals surface area (Å²) in [5, 5.41) is 0. The fourth-order valence-corrected chi connectivity index (χ4v) is 1.69. The molecule has 5 nitrogen and oxygen atoms in total. The number of nitrogen functional groups attached to an aromatic ring is 1. The minimum atomic E-state index is -0.501. The van der Waals surface area contributed by atoms with Gasteiger partial charge in [-0.1, -0.05) is 6.07 Å². The van der Waals surface area contributed by atoms with Gasteiger partial charge in [-0.05, 0) is 30.3 Å². The molecule has 0 spiro atoms. The van der Waals surface area contributed by atoms with E-state index in [0.29, 0.717) is 22.9 Å². The van der Waals surface area contributed by atoms with Crippen molar-refractivity contribution in [2.75, 3.05) is 20.0 Å². The van der Waals surface area contributed by atoms with Crippen LogP contribution in [0.4, 0.5) is 5.69 Å². The molecule has 0 heterocycles. The monoisotopic (exact) mass is 273 g/mol. The lowest BCUT2D eigenvalue weighted by molar-refractivity contribution is 0.0601. The van der Waals surface area contributed by atoms with Crippen molar-refractivity contribution in [3.8, 4) is 17.2 Å². The molecule has 0 aromatic heterocycles. The van der Waals surface area contributed by atoms with Crippen LogP contribution < -0.4 is 15.2 Å². The number of carbonyl (C=O) groups is 1. The van der Waals surface area contributed by atoms with Crippen molar-refractivity contribution in [2.24, 2.45) is 0 Å². The fourth-order valence-electron chi connectivity index (χ4n) is 1.69. The number of rotatable bonds is 4. The van der Waals surface area contributed by atoms with Crippen molar-refractivity contribution in [3.63, 3.8) is 0 Å². The molecule has 20 heavy (non-hydrogen) atoms. The van der Waals surface area contributed by atoms with E-state index < -0.39 is 5.97 Å². The highest BCUT2D eigenvalue weighted by atomic mass is 16.5. The second-order valence-corrected chi connectivity index (χ2v) is 4.02. The van der Waals surface area contributed by atoms with Crippen molar-refractivity contribution in [1.82, 2.24) is 0 Å². The summed E-state index contributed by atoms with van der Waals surface area (Å²) in [4.78, 5) is 11.6. The molecule has 2 aromatic rings. The third kappa shape index (κ3) is 3.00. The maximum absolute atomic E-state index is 11.6. The van der Waals surface area contributed by atoms with Crippen LogP contribution in [0.3, 0.4) is 0 Å². The lowest BCUT2D eigenvalue weighted by Crippen LogP contribution is -2.05. The molecule has 0 fully saturated rings. The molecule has 0 saturated heterocycles. The molecule has 0 radical (unpaired) electrons. The summed E-state index contributed by atoms with van der Waals surface area (Å²) in [6.45, 7) is 0. The summed E-state index contributed by atoms with van der Waals surface area (Å²) in [5.41, 5.74) is 6.34. The van der Waals surface area contributed by atoms with Crippen LogP contribution in [0, 0.1) is 0 Å². The third-order valence-electron chi connectivity index (χ3n) is 2.71. The first-order valence-corrected chi connectivity index (χ1v) is 5.94. The minimum absolute atomic E-state index is 0.271. The van der Waals surface area contributed by atoms with E-state index in [9.17, 15) is 4.79 Å². The Hall–Kier alpha value is -2.69. The first kappa shape index (κ1) is 13.7. The topological polar surface area (TPSA) is 70.8 Å². The van der Waals surface area contributed by atoms with Crippen LogP contribution in [-0.2, 0) is 4.74 Å². The van der Waals surface area contributed by atoms with Crippen LogP contribution in [0.5, 0.6) is 17.2 Å². The maximum atomic E-state index is 11.6. The van der Waals surface area contributed by atoms with Gasteiger partial charge in [0.1, 0.15) is 17.2 Å². The van der Waals surface area contributed by atoms with Gasteiger partial charge in [-0.3, -0.25) is 0 Å². The molecule has 0 unspecified atom stereocenters. The van der Waals surface area contributed by atoms with Crippen molar-refractivity contribution >= 4 is 11.7 Å². The fraction of sp³-hybridized carbons (Fsp3) is 0.133. The maximum Gasteiger partial charge on any atom is 0.340 e. The Kier molecular flexibility index (Phi) is 4.10. The molecule has 2 aromatic carbocycles. The van der Waals surface area contributed by atoms with E-state index in [1.54, 1.807) is 37.4 Å². The van der Waals surface area contributed by atoms with Crippen LogP contribution in [0.15, 0.2) is 42.5 Å². The molecule has 0 amide bonds. The van der Waals surface area contributed by atoms with E-state index >= 15 is 0 Å². The predicted octanol–water partition coefficient (Wildman–Crippen LogP) is 2.86. The number of nitrogens with two attached hydrogens (primary N) is 1. The van der Waals surface area contributed by atoms with Crippen molar-refractivity contribution < 1.29 is 19.0 Å². The molecule has 2 N–H and O–H groups in total. The summed E-state index contributed by atoms with van der Waals surface area (Å²) < 4.78 is 15.4. The lowest BCUT2D eigenvalue weighted by Gasteiger charge is -2.09. The van der Waals surface area contributed by atoms with E-state index in [2.05, 4.69) is 4.74 Å². The third-order valence-corrected chi connectivity index (χ3v) is 2.71. The van der Waals surface area contributed by atoms with Gasteiger partial charge in [0.25, 0.3) is 0 Å². The summed E-state index contributed by atoms with van der Waals surface area (Å²) in [5.74, 6) is 1.28. The summed E-state index contributed by atoms with van der Waals surface area (Å²) in [6, 6.07) is 12.0. The summed E-state index contributed by atoms with van der Waals surface area (Å²) in [6.07, 6.45) is 0. The Bertz CT molecular complexity index is 625. The van der Waals surface area contributed by atoms with Gasteiger partial charge in [0.15, 0.2) is 0 Å². The number of hydrogen-bond donors (Lipinski definition) is 1. The van der Waals surface area contributed by atoms with Gasteiger partial charge < -0.3 is 19.9 Å². The van der Waals surface area contributed by atoms with Gasteiger partial charge >= 0.3 is 5.97 Å². The standard InChI is InChI=1S/C15H15NO4/c1-18-10-4-3-5-11(8-10)20-12-6-7-14(16)13(9-12)15(17)19-2/h3-9H,16H2,1-2H3. The Morgan fingerprint density at radius 3 is 2.40 bits per heavy atom. The minimum Gasteiger partial charge on any atom is -0.497 e. The van der Waals surface area contributed by atoms with Gasteiger partial charge in [-0.2, -0.15) is 0 Å². The van der Waals surface area contributed by atoms with Gasteiger partial charge in [0.05, 0.1) is 19.8 Å². The second-order valence-electron chi connectivity index (χ2n) is 4.02. The van der Waals surface area contributed by atoms with E-state index in [4.69, 9.17) is 15.2 Å². The second kappa shape index (κ2) is 5.97. The quantitative estimate of drug-likeness (QED) is 0.685. The first-order chi connectivity index (χ1) is 9.63. The summed E-state index contributed by atoms with van der Waals surface area (Å²) in [7, 11) is 2.88. The van der Waals surface area contributed by atoms with E-state index in [1.807, 2.05) is 12.1 Å². The number of hydrogen-bond acceptors (Lipinski definition) is 5. The van der Waals surface area contributed by atoms with E-state index in [-0.39, 0.29) is 5.56 Å². The molecule has 5 heteroatoms. The highest BCUT2D eigenvalue weighted by Crippen LogP contribution is 2.27. The molecular formula is C15H15NO4. The molecule has 0 atom stereocenters. The molecule has 2 rings (SSSR count). The van der Waals surface area contributed by atoms with Crippen molar-refractivity contribution in [2.45, 2.75) is 0 Å². The summed E-state index contributed by atoms with van der Waals surface area (Å²) >= 11 is 0. The molecular weight excluding hydrogens is 258 g/mol. The van der Waals surface area contributed by atoms with E-state index in [0.717, 1.165) is 0 Å². The van der Waals surface area contributed by atoms with Crippen LogP contribution in [0.1, 0.15) is 10.4 Å². The average molecular weight is 273 g/mol. The normalized spacial score (nSPS) is 9.90. The molecule has 104 valence electrons. The zero-order chi connectivity index (χ0) is 14.5. The molecule has 0 bridgehead atoms. The van der Waals surface area contributed by atoms with Gasteiger partial charge in [-0.25, -0.2) is 4.79 Å². The zero-order valence-corrected chi connectivity index (χ0v) is 11.3. The Balaban J connectivity index is 2.27. The Labute approximate surface area is 116 Å². The highest BCUT2D eigenvalue weighted by Gasteiger charge is 2.11. The smallest absolute Gasteiger partial charge is 0.340 e.